The fourth-order valence-electron chi connectivity index (χ4n) is 3.09. The van der Waals surface area contributed by atoms with Crippen LogP contribution in [-0.2, 0) is 11.2 Å². The Morgan fingerprint density at radius 2 is 2.03 bits per heavy atom. The summed E-state index contributed by atoms with van der Waals surface area (Å²) >= 11 is 1.24. The van der Waals surface area contributed by atoms with Crippen LogP contribution in [0.5, 0.6) is 0 Å². The summed E-state index contributed by atoms with van der Waals surface area (Å²) in [6.45, 7) is 5.65. The number of nitro groups is 1. The lowest BCUT2D eigenvalue weighted by molar-refractivity contribution is -0.384. The van der Waals surface area contributed by atoms with Gasteiger partial charge in [-0.3, -0.25) is 20.3 Å². The number of nitrogens with one attached hydrogen (secondary N) is 2. The Hall–Kier alpha value is -3.53. The molecule has 0 saturated heterocycles. The zero-order chi connectivity index (χ0) is 22.0. The third kappa shape index (κ3) is 3.94. The molecule has 30 heavy (non-hydrogen) atoms. The average molecular weight is 429 g/mol. The van der Waals surface area contributed by atoms with Gasteiger partial charge in [-0.05, 0) is 38.0 Å². The minimum absolute atomic E-state index is 0.109. The van der Waals surface area contributed by atoms with Crippen LogP contribution in [0, 0.1) is 22.4 Å². The molecule has 0 aliphatic rings. The van der Waals surface area contributed by atoms with Crippen LogP contribution in [0.4, 0.5) is 10.7 Å². The molecule has 1 aromatic carbocycles. The van der Waals surface area contributed by atoms with Crippen LogP contribution in [0.25, 0.3) is 11.0 Å². The smallest absolute Gasteiger partial charge is 0.341 e. The lowest BCUT2D eigenvalue weighted by Gasteiger charge is -2.08. The molecule has 3 aromatic rings. The summed E-state index contributed by atoms with van der Waals surface area (Å²) in [5, 5.41) is 22.3. The lowest BCUT2D eigenvalue weighted by Crippen LogP contribution is -2.21. The van der Waals surface area contributed by atoms with Crippen molar-refractivity contribution in [3.8, 4) is 0 Å². The number of rotatable bonds is 6. The van der Waals surface area contributed by atoms with Crippen LogP contribution >= 0.6 is 11.3 Å². The zero-order valence-corrected chi connectivity index (χ0v) is 17.3. The van der Waals surface area contributed by atoms with E-state index in [1.807, 2.05) is 13.8 Å². The van der Waals surface area contributed by atoms with E-state index in [1.165, 1.54) is 35.6 Å². The standard InChI is InChI=1S/C20H19N3O6S/c1-4-13-10(3)30-19(16(13)20(25)28-5-2)22-18(24)14-9-11-8-12(23(26)27)6-7-15(11)29-17(14)21/h6-9,21H,4-5H2,1-3H3,(H,22,24). The number of amides is 1. The zero-order valence-electron chi connectivity index (χ0n) is 16.5. The molecule has 0 spiro atoms. The Bertz CT molecular complexity index is 1230. The van der Waals surface area contributed by atoms with E-state index in [-0.39, 0.29) is 23.4 Å². The highest BCUT2D eigenvalue weighted by atomic mass is 32.1. The van der Waals surface area contributed by atoms with Gasteiger partial charge >= 0.3 is 5.97 Å². The number of benzene rings is 1. The Balaban J connectivity index is 2.03. The number of hydrogen-bond donors (Lipinski definition) is 2. The van der Waals surface area contributed by atoms with Crippen molar-refractivity contribution in [2.45, 2.75) is 27.2 Å². The second-order valence-corrected chi connectivity index (χ2v) is 7.56. The summed E-state index contributed by atoms with van der Waals surface area (Å²) < 4.78 is 10.5. The van der Waals surface area contributed by atoms with Crippen LogP contribution in [0.15, 0.2) is 28.7 Å². The van der Waals surface area contributed by atoms with Gasteiger partial charge in [-0.15, -0.1) is 11.3 Å². The van der Waals surface area contributed by atoms with Crippen molar-refractivity contribution in [3.05, 3.63) is 61.5 Å². The minimum Gasteiger partial charge on any atom is -0.462 e. The van der Waals surface area contributed by atoms with E-state index in [2.05, 4.69) is 5.32 Å². The molecule has 0 aliphatic heterocycles. The molecule has 2 aromatic heterocycles. The van der Waals surface area contributed by atoms with Crippen molar-refractivity contribution in [2.24, 2.45) is 0 Å². The van der Waals surface area contributed by atoms with Gasteiger partial charge in [0.25, 0.3) is 11.6 Å². The van der Waals surface area contributed by atoms with Crippen LogP contribution < -0.4 is 10.9 Å². The lowest BCUT2D eigenvalue weighted by atomic mass is 10.1. The molecule has 2 heterocycles. The van der Waals surface area contributed by atoms with Gasteiger partial charge in [0.2, 0.25) is 5.55 Å². The van der Waals surface area contributed by atoms with Gasteiger partial charge in [-0.2, -0.15) is 0 Å². The van der Waals surface area contributed by atoms with Gasteiger partial charge in [0.1, 0.15) is 16.1 Å². The van der Waals surface area contributed by atoms with Crippen molar-refractivity contribution in [2.75, 3.05) is 11.9 Å². The Kier molecular flexibility index (Phi) is 5.97. The largest absolute Gasteiger partial charge is 0.462 e. The quantitative estimate of drug-likeness (QED) is 0.343. The molecule has 0 bridgehead atoms. The van der Waals surface area contributed by atoms with E-state index in [4.69, 9.17) is 14.6 Å². The molecule has 0 fully saturated rings. The first kappa shape index (κ1) is 21.2. The molecular formula is C20H19N3O6S. The number of carbonyl (C=O) groups is 2. The van der Waals surface area contributed by atoms with Gasteiger partial charge in [0, 0.05) is 22.4 Å². The number of aryl methyl sites for hydroxylation is 1. The number of ether oxygens (including phenoxy) is 1. The number of hydrogen-bond acceptors (Lipinski definition) is 8. The molecule has 0 unspecified atom stereocenters. The fraction of sp³-hybridized carbons (Fsp3) is 0.250. The first-order valence-corrected chi connectivity index (χ1v) is 9.96. The summed E-state index contributed by atoms with van der Waals surface area (Å²) in [7, 11) is 0. The fourth-order valence-corrected chi connectivity index (χ4v) is 4.22. The Morgan fingerprint density at radius 3 is 2.67 bits per heavy atom. The van der Waals surface area contributed by atoms with Crippen molar-refractivity contribution in [1.29, 1.82) is 5.41 Å². The van der Waals surface area contributed by atoms with E-state index >= 15 is 0 Å². The first-order valence-electron chi connectivity index (χ1n) is 9.14. The summed E-state index contributed by atoms with van der Waals surface area (Å²) in [6, 6.07) is 5.26. The van der Waals surface area contributed by atoms with E-state index in [0.717, 1.165) is 10.4 Å². The third-order valence-electron chi connectivity index (χ3n) is 4.47. The molecule has 0 saturated carbocycles. The summed E-state index contributed by atoms with van der Waals surface area (Å²) in [5.74, 6) is -1.19. The van der Waals surface area contributed by atoms with E-state index in [1.54, 1.807) is 6.92 Å². The summed E-state index contributed by atoms with van der Waals surface area (Å²) in [5.41, 5.74) is 0.675. The predicted octanol–water partition coefficient (Wildman–Crippen LogP) is 4.18. The highest BCUT2D eigenvalue weighted by Crippen LogP contribution is 2.34. The Morgan fingerprint density at radius 1 is 1.30 bits per heavy atom. The van der Waals surface area contributed by atoms with Crippen molar-refractivity contribution in [1.82, 2.24) is 0 Å². The molecule has 3 rings (SSSR count). The average Bonchev–Trinajstić information content (AvgIpc) is 3.01. The molecule has 0 aliphatic carbocycles. The highest BCUT2D eigenvalue weighted by Gasteiger charge is 2.24. The van der Waals surface area contributed by atoms with E-state index in [0.29, 0.717) is 22.4 Å². The number of anilines is 1. The van der Waals surface area contributed by atoms with Gasteiger partial charge in [-0.1, -0.05) is 6.92 Å². The molecule has 10 heteroatoms. The topological polar surface area (TPSA) is 136 Å². The number of nitro benzene ring substituents is 1. The van der Waals surface area contributed by atoms with Gasteiger partial charge in [0.05, 0.1) is 17.1 Å². The van der Waals surface area contributed by atoms with Crippen LogP contribution in [0.3, 0.4) is 0 Å². The SMILES string of the molecule is CCOC(=O)c1c(NC(=O)c2cc3cc([N+](=O)[O-])ccc3oc2=N)sc(C)c1CC. The number of nitrogens with zero attached hydrogens (tertiary/aromatic N) is 1. The normalized spacial score (nSPS) is 10.8. The second-order valence-electron chi connectivity index (χ2n) is 6.34. The van der Waals surface area contributed by atoms with Gasteiger partial charge < -0.3 is 14.5 Å². The van der Waals surface area contributed by atoms with Crippen LogP contribution in [0.2, 0.25) is 0 Å². The minimum atomic E-state index is -0.661. The maximum atomic E-state index is 12.9. The number of esters is 1. The second kappa shape index (κ2) is 8.46. The monoisotopic (exact) mass is 429 g/mol. The molecule has 0 atom stereocenters. The summed E-state index contributed by atoms with van der Waals surface area (Å²) in [4.78, 5) is 36.6. The van der Waals surface area contributed by atoms with E-state index in [9.17, 15) is 19.7 Å². The van der Waals surface area contributed by atoms with E-state index < -0.39 is 22.4 Å². The van der Waals surface area contributed by atoms with Gasteiger partial charge in [-0.25, -0.2) is 4.79 Å². The Labute approximate surface area is 174 Å². The first-order chi connectivity index (χ1) is 14.3. The van der Waals surface area contributed by atoms with Gasteiger partial charge in [0.15, 0.2) is 0 Å². The highest BCUT2D eigenvalue weighted by molar-refractivity contribution is 7.16. The molecule has 1 amide bonds. The maximum absolute atomic E-state index is 12.9. The van der Waals surface area contributed by atoms with Crippen LogP contribution in [-0.4, -0.2) is 23.4 Å². The van der Waals surface area contributed by atoms with Crippen molar-refractivity contribution >= 4 is 44.9 Å². The number of carbonyl (C=O) groups excluding carboxylic acids is 2. The number of fused-ring (bicyclic) bond motifs is 1. The maximum Gasteiger partial charge on any atom is 0.341 e. The molecule has 0 radical (unpaired) electrons. The number of thiophene rings is 1. The van der Waals surface area contributed by atoms with Crippen molar-refractivity contribution in [3.63, 3.8) is 0 Å². The number of non-ortho nitro benzene ring substituents is 1. The van der Waals surface area contributed by atoms with Crippen LogP contribution in [0.1, 0.15) is 45.0 Å². The molecule has 9 nitrogen and oxygen atoms in total. The molecule has 2 N–H and O–H groups in total. The van der Waals surface area contributed by atoms with Crippen molar-refractivity contribution < 1.29 is 23.7 Å². The third-order valence-corrected chi connectivity index (χ3v) is 5.54. The summed E-state index contributed by atoms with van der Waals surface area (Å²) in [6.07, 6.45) is 0.588. The molecule has 156 valence electrons. The predicted molar refractivity (Wildman–Crippen MR) is 111 cm³/mol. The molecular weight excluding hydrogens is 410 g/mol.